The minimum atomic E-state index is -0.527. The number of benzene rings is 2. The number of carbonyl (C=O) groups is 1. The molecule has 2 aromatic rings. The van der Waals surface area contributed by atoms with Gasteiger partial charge in [-0.25, -0.2) is 4.39 Å². The van der Waals surface area contributed by atoms with Crippen LogP contribution in [0, 0.1) is 5.82 Å². The number of hydrogen-bond donors (Lipinski definition) is 2. The van der Waals surface area contributed by atoms with Gasteiger partial charge in [0.1, 0.15) is 11.6 Å². The van der Waals surface area contributed by atoms with Crippen LogP contribution in [0.5, 0.6) is 5.75 Å². The van der Waals surface area contributed by atoms with E-state index in [9.17, 15) is 9.18 Å². The summed E-state index contributed by atoms with van der Waals surface area (Å²) >= 11 is 5.69. The second-order valence-corrected chi connectivity index (χ2v) is 4.47. The van der Waals surface area contributed by atoms with E-state index in [0.29, 0.717) is 11.4 Å². The summed E-state index contributed by atoms with van der Waals surface area (Å²) in [5, 5.41) is 2.69. The van der Waals surface area contributed by atoms with Crippen molar-refractivity contribution in [3.63, 3.8) is 0 Å². The van der Waals surface area contributed by atoms with Crippen molar-refractivity contribution in [2.45, 2.75) is 0 Å². The van der Waals surface area contributed by atoms with Crippen molar-refractivity contribution in [3.05, 3.63) is 53.3 Å². The van der Waals surface area contributed by atoms with Crippen molar-refractivity contribution in [3.8, 4) is 5.75 Å². The molecule has 0 unspecified atom stereocenters. The minimum absolute atomic E-state index is 0.202. The van der Waals surface area contributed by atoms with Crippen LogP contribution in [0.1, 0.15) is 0 Å². The van der Waals surface area contributed by atoms with Crippen LogP contribution in [-0.4, -0.2) is 12.5 Å². The van der Waals surface area contributed by atoms with E-state index >= 15 is 0 Å². The van der Waals surface area contributed by atoms with Crippen LogP contribution in [0.4, 0.5) is 15.8 Å². The first-order chi connectivity index (χ1) is 9.54. The standard InChI is InChI=1S/C14H12ClFN2O2/c15-9-5-10(16)7-11(6-9)18-14(19)8-20-13-4-2-1-3-12(13)17/h1-7H,8,17H2,(H,18,19). The first-order valence-electron chi connectivity index (χ1n) is 5.78. The third kappa shape index (κ3) is 3.86. The molecule has 104 valence electrons. The van der Waals surface area contributed by atoms with Gasteiger partial charge in [0.2, 0.25) is 0 Å². The van der Waals surface area contributed by atoms with E-state index in [-0.39, 0.29) is 17.3 Å². The van der Waals surface area contributed by atoms with E-state index in [4.69, 9.17) is 22.1 Å². The molecule has 0 aliphatic carbocycles. The maximum absolute atomic E-state index is 13.1. The fourth-order valence-corrected chi connectivity index (χ4v) is 1.80. The van der Waals surface area contributed by atoms with Crippen LogP contribution in [-0.2, 0) is 4.79 Å². The van der Waals surface area contributed by atoms with E-state index in [1.54, 1.807) is 24.3 Å². The topological polar surface area (TPSA) is 64.3 Å². The first-order valence-corrected chi connectivity index (χ1v) is 6.15. The molecule has 0 saturated carbocycles. The average molecular weight is 295 g/mol. The molecule has 3 N–H and O–H groups in total. The van der Waals surface area contributed by atoms with Crippen LogP contribution < -0.4 is 15.8 Å². The highest BCUT2D eigenvalue weighted by Gasteiger charge is 2.07. The molecule has 0 fully saturated rings. The lowest BCUT2D eigenvalue weighted by atomic mass is 10.3. The molecule has 0 bridgehead atoms. The fourth-order valence-electron chi connectivity index (χ4n) is 1.58. The summed E-state index contributed by atoms with van der Waals surface area (Å²) in [6.07, 6.45) is 0. The molecule has 0 saturated heterocycles. The van der Waals surface area contributed by atoms with E-state index in [1.807, 2.05) is 0 Å². The summed E-state index contributed by atoms with van der Waals surface area (Å²) in [5.74, 6) is -0.545. The summed E-state index contributed by atoms with van der Waals surface area (Å²) in [4.78, 5) is 11.7. The van der Waals surface area contributed by atoms with Crippen LogP contribution >= 0.6 is 11.6 Å². The van der Waals surface area contributed by atoms with Crippen molar-refractivity contribution in [2.24, 2.45) is 0 Å². The Labute approximate surface area is 120 Å². The lowest BCUT2D eigenvalue weighted by Crippen LogP contribution is -2.20. The van der Waals surface area contributed by atoms with Gasteiger partial charge in [-0.2, -0.15) is 0 Å². The van der Waals surface area contributed by atoms with Gasteiger partial charge in [0, 0.05) is 10.7 Å². The number of para-hydroxylation sites is 2. The Morgan fingerprint density at radius 3 is 2.75 bits per heavy atom. The molecule has 6 heteroatoms. The number of halogens is 2. The zero-order valence-electron chi connectivity index (χ0n) is 10.4. The van der Waals surface area contributed by atoms with Gasteiger partial charge in [0.15, 0.2) is 6.61 Å². The Morgan fingerprint density at radius 2 is 2.05 bits per heavy atom. The summed E-state index contributed by atoms with van der Waals surface area (Å²) in [7, 11) is 0. The Hall–Kier alpha value is -2.27. The van der Waals surface area contributed by atoms with Gasteiger partial charge in [0.05, 0.1) is 5.69 Å². The van der Waals surface area contributed by atoms with Crippen molar-refractivity contribution in [1.29, 1.82) is 0 Å². The second kappa shape index (κ2) is 6.25. The molecule has 0 heterocycles. The summed E-state index contributed by atoms with van der Waals surface area (Å²) < 4.78 is 18.4. The minimum Gasteiger partial charge on any atom is -0.482 e. The number of ether oxygens (including phenoxy) is 1. The third-order valence-corrected chi connectivity index (χ3v) is 2.64. The molecule has 2 aromatic carbocycles. The number of carbonyl (C=O) groups excluding carboxylic acids is 1. The predicted molar refractivity (Wildman–Crippen MR) is 76.4 cm³/mol. The van der Waals surface area contributed by atoms with Crippen molar-refractivity contribution in [2.75, 3.05) is 17.7 Å². The van der Waals surface area contributed by atoms with Gasteiger partial charge in [-0.15, -0.1) is 0 Å². The van der Waals surface area contributed by atoms with Crippen molar-refractivity contribution >= 4 is 28.9 Å². The molecular formula is C14H12ClFN2O2. The highest BCUT2D eigenvalue weighted by Crippen LogP contribution is 2.20. The van der Waals surface area contributed by atoms with E-state index in [1.165, 1.54) is 12.1 Å². The molecule has 0 atom stereocenters. The van der Waals surface area contributed by atoms with Gasteiger partial charge in [-0.05, 0) is 30.3 Å². The van der Waals surface area contributed by atoms with E-state index < -0.39 is 11.7 Å². The summed E-state index contributed by atoms with van der Waals surface area (Å²) in [6.45, 7) is -0.234. The highest BCUT2D eigenvalue weighted by molar-refractivity contribution is 6.30. The average Bonchev–Trinajstić information content (AvgIpc) is 2.36. The third-order valence-electron chi connectivity index (χ3n) is 2.42. The zero-order valence-corrected chi connectivity index (χ0v) is 11.2. The summed E-state index contributed by atoms with van der Waals surface area (Å²) in [6, 6.07) is 10.6. The number of anilines is 2. The molecule has 2 rings (SSSR count). The van der Waals surface area contributed by atoms with E-state index in [0.717, 1.165) is 6.07 Å². The molecule has 1 amide bonds. The van der Waals surface area contributed by atoms with E-state index in [2.05, 4.69) is 5.32 Å². The lowest BCUT2D eigenvalue weighted by Gasteiger charge is -2.09. The van der Waals surface area contributed by atoms with Crippen LogP contribution in [0.3, 0.4) is 0 Å². The molecular weight excluding hydrogens is 283 g/mol. The largest absolute Gasteiger partial charge is 0.482 e. The SMILES string of the molecule is Nc1ccccc1OCC(=O)Nc1cc(F)cc(Cl)c1. The first kappa shape index (κ1) is 14.1. The molecule has 0 aliphatic heterocycles. The predicted octanol–water partition coefficient (Wildman–Crippen LogP) is 3.08. The van der Waals surface area contributed by atoms with Crippen molar-refractivity contribution < 1.29 is 13.9 Å². The highest BCUT2D eigenvalue weighted by atomic mass is 35.5. The van der Waals surface area contributed by atoms with Crippen molar-refractivity contribution in [1.82, 2.24) is 0 Å². The Bertz CT molecular complexity index is 614. The number of rotatable bonds is 4. The van der Waals surface area contributed by atoms with Crippen LogP contribution in [0.2, 0.25) is 5.02 Å². The molecule has 0 aromatic heterocycles. The second-order valence-electron chi connectivity index (χ2n) is 4.03. The normalized spacial score (nSPS) is 10.1. The molecule has 20 heavy (non-hydrogen) atoms. The lowest BCUT2D eigenvalue weighted by molar-refractivity contribution is -0.118. The van der Waals surface area contributed by atoms with Gasteiger partial charge >= 0.3 is 0 Å². The van der Waals surface area contributed by atoms with Gasteiger partial charge in [-0.3, -0.25) is 4.79 Å². The Kier molecular flexibility index (Phi) is 4.42. The molecule has 4 nitrogen and oxygen atoms in total. The molecule has 0 spiro atoms. The molecule has 0 aliphatic rings. The Morgan fingerprint density at radius 1 is 1.30 bits per heavy atom. The number of amides is 1. The zero-order chi connectivity index (χ0) is 14.5. The van der Waals surface area contributed by atoms with Gasteiger partial charge in [-0.1, -0.05) is 23.7 Å². The fraction of sp³-hybridized carbons (Fsp3) is 0.0714. The van der Waals surface area contributed by atoms with Gasteiger partial charge < -0.3 is 15.8 Å². The Balaban J connectivity index is 1.94. The smallest absolute Gasteiger partial charge is 0.262 e. The molecule has 0 radical (unpaired) electrons. The van der Waals surface area contributed by atoms with Crippen LogP contribution in [0.25, 0.3) is 0 Å². The maximum atomic E-state index is 13.1. The number of nitrogen functional groups attached to an aromatic ring is 1. The number of nitrogens with one attached hydrogen (secondary N) is 1. The number of hydrogen-bond acceptors (Lipinski definition) is 3. The summed E-state index contributed by atoms with van der Waals surface area (Å²) in [5.41, 5.74) is 6.38. The number of nitrogens with two attached hydrogens (primary N) is 1. The quantitative estimate of drug-likeness (QED) is 0.852. The monoisotopic (exact) mass is 294 g/mol. The maximum Gasteiger partial charge on any atom is 0.262 e. The van der Waals surface area contributed by atoms with Gasteiger partial charge in [0.25, 0.3) is 5.91 Å². The van der Waals surface area contributed by atoms with Crippen LogP contribution in [0.15, 0.2) is 42.5 Å².